The van der Waals surface area contributed by atoms with Crippen LogP contribution in [0.1, 0.15) is 10.4 Å². The average molecular weight is 291 g/mol. The molecule has 9 nitrogen and oxygen atoms in total. The number of nitrogens with two attached hydrogens (primary N) is 1. The van der Waals surface area contributed by atoms with E-state index in [1.807, 2.05) is 5.43 Å². The Morgan fingerprint density at radius 2 is 2.10 bits per heavy atom. The highest BCUT2D eigenvalue weighted by atomic mass is 16.6. The number of aromatic nitrogens is 2. The van der Waals surface area contributed by atoms with Crippen molar-refractivity contribution in [2.75, 3.05) is 6.61 Å². The Morgan fingerprint density at radius 3 is 2.67 bits per heavy atom. The number of nitro groups is 1. The van der Waals surface area contributed by atoms with E-state index in [1.54, 1.807) is 24.3 Å². The van der Waals surface area contributed by atoms with Gasteiger partial charge in [-0.05, 0) is 29.2 Å². The number of nitrogens with one attached hydrogen (secondary N) is 1. The average Bonchev–Trinajstić information content (AvgIpc) is 2.96. The van der Waals surface area contributed by atoms with Crippen LogP contribution in [0.15, 0.2) is 36.5 Å². The summed E-state index contributed by atoms with van der Waals surface area (Å²) in [5.74, 6) is 5.01. The Balaban J connectivity index is 1.85. The molecule has 0 saturated heterocycles. The molecule has 1 aromatic carbocycles. The maximum absolute atomic E-state index is 11.2. The minimum Gasteiger partial charge on any atom is -0.492 e. The summed E-state index contributed by atoms with van der Waals surface area (Å²) in [6.45, 7) is 0.667. The minimum atomic E-state index is -0.557. The van der Waals surface area contributed by atoms with Crippen molar-refractivity contribution in [2.24, 2.45) is 5.84 Å². The van der Waals surface area contributed by atoms with Crippen LogP contribution in [-0.4, -0.2) is 27.2 Å². The van der Waals surface area contributed by atoms with Crippen molar-refractivity contribution in [3.05, 3.63) is 52.2 Å². The van der Waals surface area contributed by atoms with E-state index in [-0.39, 0.29) is 11.7 Å². The van der Waals surface area contributed by atoms with E-state index >= 15 is 0 Å². The molecule has 0 aliphatic rings. The summed E-state index contributed by atoms with van der Waals surface area (Å²) in [6, 6.07) is 7.75. The van der Waals surface area contributed by atoms with Gasteiger partial charge < -0.3 is 14.9 Å². The second kappa shape index (κ2) is 6.48. The lowest BCUT2D eigenvalue weighted by Crippen LogP contribution is -2.29. The third-order valence-corrected chi connectivity index (χ3v) is 2.65. The molecule has 0 atom stereocenters. The summed E-state index contributed by atoms with van der Waals surface area (Å²) >= 11 is 0. The molecular weight excluding hydrogens is 278 g/mol. The molecule has 0 radical (unpaired) electrons. The van der Waals surface area contributed by atoms with Gasteiger partial charge in [-0.15, -0.1) is 0 Å². The van der Waals surface area contributed by atoms with Crippen molar-refractivity contribution in [3.63, 3.8) is 0 Å². The predicted molar refractivity (Wildman–Crippen MR) is 72.5 cm³/mol. The number of amides is 1. The molecule has 9 heteroatoms. The number of carbonyl (C=O) groups excluding carboxylic acids is 1. The molecular formula is C12H13N5O4. The van der Waals surface area contributed by atoms with Crippen molar-refractivity contribution in [1.82, 2.24) is 15.2 Å². The lowest BCUT2D eigenvalue weighted by atomic mass is 10.2. The fourth-order valence-electron chi connectivity index (χ4n) is 1.62. The van der Waals surface area contributed by atoms with Crippen molar-refractivity contribution in [1.29, 1.82) is 0 Å². The molecule has 1 amide bonds. The van der Waals surface area contributed by atoms with Crippen LogP contribution in [0.4, 0.5) is 5.82 Å². The Hall–Kier alpha value is -2.94. The first-order chi connectivity index (χ1) is 10.1. The van der Waals surface area contributed by atoms with Crippen molar-refractivity contribution < 1.29 is 14.5 Å². The molecule has 2 aromatic rings. The van der Waals surface area contributed by atoms with E-state index in [1.165, 1.54) is 16.9 Å². The van der Waals surface area contributed by atoms with Gasteiger partial charge >= 0.3 is 5.82 Å². The van der Waals surface area contributed by atoms with Crippen molar-refractivity contribution in [2.45, 2.75) is 6.54 Å². The second-order valence-corrected chi connectivity index (χ2v) is 4.04. The van der Waals surface area contributed by atoms with Gasteiger partial charge in [0.1, 0.15) is 12.4 Å². The van der Waals surface area contributed by atoms with Gasteiger partial charge in [0.15, 0.2) is 0 Å². The highest BCUT2D eigenvalue weighted by Gasteiger charge is 2.10. The molecule has 0 unspecified atom stereocenters. The van der Waals surface area contributed by atoms with E-state index < -0.39 is 4.92 Å². The van der Waals surface area contributed by atoms with E-state index in [0.29, 0.717) is 24.5 Å². The molecule has 21 heavy (non-hydrogen) atoms. The fourth-order valence-corrected chi connectivity index (χ4v) is 1.62. The molecule has 2 rings (SSSR count). The number of nitrogen functional groups attached to an aromatic ring is 1. The zero-order valence-corrected chi connectivity index (χ0v) is 10.9. The predicted octanol–water partition coefficient (Wildman–Crippen LogP) is 0.474. The topological polar surface area (TPSA) is 125 Å². The quantitative estimate of drug-likeness (QED) is 0.345. The minimum absolute atomic E-state index is 0.202. The summed E-state index contributed by atoms with van der Waals surface area (Å²) in [7, 11) is 0. The third kappa shape index (κ3) is 3.76. The number of benzene rings is 1. The largest absolute Gasteiger partial charge is 0.492 e. The molecule has 0 fully saturated rings. The highest BCUT2D eigenvalue weighted by molar-refractivity contribution is 5.93. The Labute approximate surface area is 119 Å². The van der Waals surface area contributed by atoms with Gasteiger partial charge in [-0.25, -0.2) is 5.84 Å². The summed E-state index contributed by atoms with van der Waals surface area (Å²) in [5, 5.41) is 14.2. The molecule has 0 aliphatic heterocycles. The zero-order valence-electron chi connectivity index (χ0n) is 10.9. The number of hydrazine groups is 1. The Morgan fingerprint density at radius 1 is 1.38 bits per heavy atom. The van der Waals surface area contributed by atoms with Gasteiger partial charge in [0.25, 0.3) is 5.91 Å². The number of hydrogen-bond acceptors (Lipinski definition) is 6. The number of carbonyl (C=O) groups is 1. The highest BCUT2D eigenvalue weighted by Crippen LogP contribution is 2.12. The Bertz CT molecular complexity index is 637. The molecule has 3 N–H and O–H groups in total. The first kappa shape index (κ1) is 14.5. The van der Waals surface area contributed by atoms with Crippen LogP contribution in [0.25, 0.3) is 0 Å². The summed E-state index contributed by atoms with van der Waals surface area (Å²) in [5.41, 5.74) is 2.45. The lowest BCUT2D eigenvalue weighted by Gasteiger charge is -2.05. The third-order valence-electron chi connectivity index (χ3n) is 2.65. The normalized spacial score (nSPS) is 10.1. The van der Waals surface area contributed by atoms with E-state index in [4.69, 9.17) is 10.6 Å². The number of rotatable bonds is 6. The lowest BCUT2D eigenvalue weighted by molar-refractivity contribution is -0.389. The fraction of sp³-hybridized carbons (Fsp3) is 0.167. The molecule has 110 valence electrons. The summed E-state index contributed by atoms with van der Waals surface area (Å²) < 4.78 is 6.88. The van der Waals surface area contributed by atoms with Gasteiger partial charge in [0.2, 0.25) is 0 Å². The van der Waals surface area contributed by atoms with Crippen LogP contribution in [0.2, 0.25) is 0 Å². The molecule has 1 heterocycles. The Kier molecular flexibility index (Phi) is 4.46. The van der Waals surface area contributed by atoms with Crippen LogP contribution in [0, 0.1) is 10.1 Å². The van der Waals surface area contributed by atoms with Crippen LogP contribution in [0.5, 0.6) is 5.75 Å². The van der Waals surface area contributed by atoms with E-state index in [2.05, 4.69) is 5.10 Å². The maximum atomic E-state index is 11.2. The summed E-state index contributed by atoms with van der Waals surface area (Å²) in [6.07, 6.45) is 1.51. The van der Waals surface area contributed by atoms with Gasteiger partial charge in [0, 0.05) is 5.56 Å². The SMILES string of the molecule is NNC(=O)c1ccc(OCCn2ccc([N+](=O)[O-])n2)cc1. The molecule has 0 bridgehead atoms. The monoisotopic (exact) mass is 291 g/mol. The molecule has 1 aromatic heterocycles. The molecule has 0 saturated carbocycles. The zero-order chi connectivity index (χ0) is 15.2. The van der Waals surface area contributed by atoms with Crippen molar-refractivity contribution in [3.8, 4) is 5.75 Å². The van der Waals surface area contributed by atoms with Crippen LogP contribution < -0.4 is 16.0 Å². The van der Waals surface area contributed by atoms with Gasteiger partial charge in [-0.3, -0.25) is 10.2 Å². The first-order valence-corrected chi connectivity index (χ1v) is 6.02. The summed E-state index contributed by atoms with van der Waals surface area (Å²) in [4.78, 5) is 21.2. The molecule has 0 aliphatic carbocycles. The smallest absolute Gasteiger partial charge is 0.389 e. The number of hydrogen-bond donors (Lipinski definition) is 2. The van der Waals surface area contributed by atoms with Crippen LogP contribution >= 0.6 is 0 Å². The second-order valence-electron chi connectivity index (χ2n) is 4.04. The standard InChI is InChI=1S/C12H13N5O4/c13-14-12(18)9-1-3-10(4-2-9)21-8-7-16-6-5-11(15-16)17(19)20/h1-6H,7-8,13H2,(H,14,18). The van der Waals surface area contributed by atoms with Gasteiger partial charge in [0.05, 0.1) is 23.9 Å². The van der Waals surface area contributed by atoms with Gasteiger partial charge in [-0.2, -0.15) is 4.68 Å². The maximum Gasteiger partial charge on any atom is 0.389 e. The number of ether oxygens (including phenoxy) is 1. The number of nitrogens with zero attached hydrogens (tertiary/aromatic N) is 3. The molecule has 0 spiro atoms. The van der Waals surface area contributed by atoms with E-state index in [0.717, 1.165) is 0 Å². The van der Waals surface area contributed by atoms with E-state index in [9.17, 15) is 14.9 Å². The van der Waals surface area contributed by atoms with Gasteiger partial charge in [-0.1, -0.05) is 0 Å². The van der Waals surface area contributed by atoms with Crippen LogP contribution in [0.3, 0.4) is 0 Å². The van der Waals surface area contributed by atoms with Crippen molar-refractivity contribution >= 4 is 11.7 Å². The van der Waals surface area contributed by atoms with Crippen LogP contribution in [-0.2, 0) is 6.54 Å². The first-order valence-electron chi connectivity index (χ1n) is 6.02.